The number of benzene rings is 1. The SMILES string of the molecule is CCCc1nc(COc2c(C)cccc2C)cs1. The second-order valence-corrected chi connectivity index (χ2v) is 5.43. The minimum atomic E-state index is 0.561. The van der Waals surface area contributed by atoms with Crippen LogP contribution in [0, 0.1) is 13.8 Å². The van der Waals surface area contributed by atoms with Crippen molar-refractivity contribution in [2.75, 3.05) is 0 Å². The van der Waals surface area contributed by atoms with Crippen LogP contribution in [0.15, 0.2) is 23.6 Å². The largest absolute Gasteiger partial charge is 0.487 e. The van der Waals surface area contributed by atoms with Gasteiger partial charge in [-0.2, -0.15) is 0 Å². The topological polar surface area (TPSA) is 22.1 Å². The maximum Gasteiger partial charge on any atom is 0.131 e. The summed E-state index contributed by atoms with van der Waals surface area (Å²) in [6, 6.07) is 6.21. The first-order chi connectivity index (χ1) is 8.70. The Hall–Kier alpha value is -1.35. The monoisotopic (exact) mass is 261 g/mol. The molecule has 1 aromatic carbocycles. The first-order valence-electron chi connectivity index (χ1n) is 6.33. The maximum absolute atomic E-state index is 5.89. The Morgan fingerprint density at radius 3 is 2.61 bits per heavy atom. The molecule has 96 valence electrons. The quantitative estimate of drug-likeness (QED) is 0.801. The van der Waals surface area contributed by atoms with E-state index >= 15 is 0 Å². The Morgan fingerprint density at radius 1 is 1.22 bits per heavy atom. The summed E-state index contributed by atoms with van der Waals surface area (Å²) in [7, 11) is 0. The van der Waals surface area contributed by atoms with E-state index in [9.17, 15) is 0 Å². The number of aromatic nitrogens is 1. The second kappa shape index (κ2) is 6.01. The van der Waals surface area contributed by atoms with E-state index in [4.69, 9.17) is 4.74 Å². The first kappa shape index (κ1) is 13.1. The molecule has 18 heavy (non-hydrogen) atoms. The lowest BCUT2D eigenvalue weighted by molar-refractivity contribution is 0.297. The predicted molar refractivity (Wildman–Crippen MR) is 76.4 cm³/mol. The molecule has 0 radical (unpaired) electrons. The van der Waals surface area contributed by atoms with Gasteiger partial charge in [-0.1, -0.05) is 25.1 Å². The Morgan fingerprint density at radius 2 is 1.94 bits per heavy atom. The molecule has 0 aliphatic rings. The number of aryl methyl sites for hydroxylation is 3. The smallest absolute Gasteiger partial charge is 0.131 e. The number of hydrogen-bond donors (Lipinski definition) is 0. The van der Waals surface area contributed by atoms with Gasteiger partial charge in [-0.05, 0) is 37.8 Å². The van der Waals surface area contributed by atoms with E-state index in [1.165, 1.54) is 16.1 Å². The molecule has 0 atom stereocenters. The summed E-state index contributed by atoms with van der Waals surface area (Å²) in [5.41, 5.74) is 3.39. The second-order valence-electron chi connectivity index (χ2n) is 4.49. The zero-order valence-corrected chi connectivity index (χ0v) is 12.0. The van der Waals surface area contributed by atoms with Gasteiger partial charge in [0.25, 0.3) is 0 Å². The average molecular weight is 261 g/mol. The molecule has 0 saturated heterocycles. The molecule has 1 heterocycles. The highest BCUT2D eigenvalue weighted by atomic mass is 32.1. The van der Waals surface area contributed by atoms with Gasteiger partial charge in [0.2, 0.25) is 0 Å². The molecule has 0 N–H and O–H groups in total. The van der Waals surface area contributed by atoms with Gasteiger partial charge in [0.05, 0.1) is 10.7 Å². The van der Waals surface area contributed by atoms with Gasteiger partial charge in [-0.15, -0.1) is 11.3 Å². The van der Waals surface area contributed by atoms with Crippen molar-refractivity contribution in [1.82, 2.24) is 4.98 Å². The molecule has 0 saturated carbocycles. The molecule has 0 spiro atoms. The van der Waals surface area contributed by atoms with Gasteiger partial charge in [-0.25, -0.2) is 4.98 Å². The molecule has 2 nitrogen and oxygen atoms in total. The number of ether oxygens (including phenoxy) is 1. The standard InChI is InChI=1S/C15H19NOS/c1-4-6-14-16-13(10-18-14)9-17-15-11(2)7-5-8-12(15)3/h5,7-8,10H,4,6,9H2,1-3H3. The molecule has 2 rings (SSSR count). The molecule has 1 aromatic heterocycles. The Bertz CT molecular complexity index is 499. The van der Waals surface area contributed by atoms with Crippen molar-refractivity contribution in [3.63, 3.8) is 0 Å². The van der Waals surface area contributed by atoms with Crippen molar-refractivity contribution in [3.8, 4) is 5.75 Å². The van der Waals surface area contributed by atoms with E-state index in [1.54, 1.807) is 11.3 Å². The molecule has 0 fully saturated rings. The van der Waals surface area contributed by atoms with E-state index in [0.29, 0.717) is 6.61 Å². The molecule has 0 aliphatic carbocycles. The number of rotatable bonds is 5. The molecular weight excluding hydrogens is 242 g/mol. The van der Waals surface area contributed by atoms with Crippen LogP contribution in [-0.2, 0) is 13.0 Å². The van der Waals surface area contributed by atoms with Crippen LogP contribution in [0.2, 0.25) is 0 Å². The number of para-hydroxylation sites is 1. The van der Waals surface area contributed by atoms with Crippen molar-refractivity contribution in [2.45, 2.75) is 40.2 Å². The Labute approximate surface area is 113 Å². The van der Waals surface area contributed by atoms with Gasteiger partial charge in [0, 0.05) is 5.38 Å². The highest BCUT2D eigenvalue weighted by molar-refractivity contribution is 7.09. The van der Waals surface area contributed by atoms with Crippen molar-refractivity contribution >= 4 is 11.3 Å². The van der Waals surface area contributed by atoms with Crippen molar-refractivity contribution in [2.24, 2.45) is 0 Å². The van der Waals surface area contributed by atoms with Gasteiger partial charge < -0.3 is 4.74 Å². The lowest BCUT2D eigenvalue weighted by Crippen LogP contribution is -1.99. The van der Waals surface area contributed by atoms with Gasteiger partial charge in [-0.3, -0.25) is 0 Å². The average Bonchev–Trinajstić information content (AvgIpc) is 2.77. The van der Waals surface area contributed by atoms with Crippen LogP contribution < -0.4 is 4.74 Å². The summed E-state index contributed by atoms with van der Waals surface area (Å²) in [6.07, 6.45) is 2.21. The molecule has 2 aromatic rings. The number of nitrogens with zero attached hydrogens (tertiary/aromatic N) is 1. The predicted octanol–water partition coefficient (Wildman–Crippen LogP) is 4.29. The number of thiazole rings is 1. The van der Waals surface area contributed by atoms with E-state index in [2.05, 4.69) is 49.3 Å². The summed E-state index contributed by atoms with van der Waals surface area (Å²) in [4.78, 5) is 4.57. The molecule has 0 bridgehead atoms. The molecule has 0 aliphatic heterocycles. The zero-order chi connectivity index (χ0) is 13.0. The fraction of sp³-hybridized carbons (Fsp3) is 0.400. The highest BCUT2D eigenvalue weighted by Crippen LogP contribution is 2.23. The van der Waals surface area contributed by atoms with E-state index < -0.39 is 0 Å². The molecule has 3 heteroatoms. The van der Waals surface area contributed by atoms with E-state index in [0.717, 1.165) is 24.3 Å². The van der Waals surface area contributed by atoms with Crippen molar-refractivity contribution in [3.05, 3.63) is 45.4 Å². The fourth-order valence-electron chi connectivity index (χ4n) is 1.92. The third-order valence-corrected chi connectivity index (χ3v) is 3.79. The Balaban J connectivity index is 2.02. The minimum absolute atomic E-state index is 0.561. The molecule has 0 amide bonds. The van der Waals surface area contributed by atoms with Crippen LogP contribution >= 0.6 is 11.3 Å². The summed E-state index contributed by atoms with van der Waals surface area (Å²) >= 11 is 1.73. The van der Waals surface area contributed by atoms with Crippen molar-refractivity contribution in [1.29, 1.82) is 0 Å². The summed E-state index contributed by atoms with van der Waals surface area (Å²) in [5, 5.41) is 3.30. The van der Waals surface area contributed by atoms with Crippen LogP contribution in [0.5, 0.6) is 5.75 Å². The van der Waals surface area contributed by atoms with Crippen molar-refractivity contribution < 1.29 is 4.74 Å². The zero-order valence-electron chi connectivity index (χ0n) is 11.2. The van der Waals surface area contributed by atoms with Crippen LogP contribution in [0.4, 0.5) is 0 Å². The minimum Gasteiger partial charge on any atom is -0.487 e. The summed E-state index contributed by atoms with van der Waals surface area (Å²) in [5.74, 6) is 0.988. The van der Waals surface area contributed by atoms with Gasteiger partial charge in [0.15, 0.2) is 0 Å². The van der Waals surface area contributed by atoms with E-state index in [1.807, 2.05) is 0 Å². The van der Waals surface area contributed by atoms with E-state index in [-0.39, 0.29) is 0 Å². The highest BCUT2D eigenvalue weighted by Gasteiger charge is 2.06. The normalized spacial score (nSPS) is 10.6. The summed E-state index contributed by atoms with van der Waals surface area (Å²) < 4.78 is 5.89. The Kier molecular flexibility index (Phi) is 4.37. The molecular formula is C15H19NOS. The molecule has 0 unspecified atom stereocenters. The fourth-order valence-corrected chi connectivity index (χ4v) is 2.80. The van der Waals surface area contributed by atoms with Gasteiger partial charge in [0.1, 0.15) is 12.4 Å². The van der Waals surface area contributed by atoms with Crippen LogP contribution in [0.25, 0.3) is 0 Å². The number of hydrogen-bond acceptors (Lipinski definition) is 3. The third-order valence-electron chi connectivity index (χ3n) is 2.84. The first-order valence-corrected chi connectivity index (χ1v) is 7.21. The van der Waals surface area contributed by atoms with Crippen LogP contribution in [-0.4, -0.2) is 4.98 Å². The third kappa shape index (κ3) is 3.10. The van der Waals surface area contributed by atoms with Crippen LogP contribution in [0.3, 0.4) is 0 Å². The van der Waals surface area contributed by atoms with Crippen LogP contribution in [0.1, 0.15) is 35.2 Å². The van der Waals surface area contributed by atoms with Gasteiger partial charge >= 0.3 is 0 Å². The summed E-state index contributed by atoms with van der Waals surface area (Å²) in [6.45, 7) is 6.89. The maximum atomic E-state index is 5.89. The lowest BCUT2D eigenvalue weighted by atomic mass is 10.1. The lowest BCUT2D eigenvalue weighted by Gasteiger charge is -2.10.